The molecule has 8 heteroatoms. The monoisotopic (exact) mass is 228 g/mol. The molecule has 3 rings (SSSR count). The summed E-state index contributed by atoms with van der Waals surface area (Å²) in [6.45, 7) is 0. The fourth-order valence-corrected chi connectivity index (χ4v) is 2.80. The Morgan fingerprint density at radius 2 is 1.19 bits per heavy atom. The summed E-state index contributed by atoms with van der Waals surface area (Å²) in [5.41, 5.74) is 4.09. The van der Waals surface area contributed by atoms with E-state index < -0.39 is 23.7 Å². The molecular weight excluding hydrogens is 216 g/mol. The summed E-state index contributed by atoms with van der Waals surface area (Å²) in [6, 6.07) is 0. The van der Waals surface area contributed by atoms with Crippen molar-refractivity contribution in [2.75, 3.05) is 0 Å². The zero-order chi connectivity index (χ0) is 11.4. The zero-order valence-corrected chi connectivity index (χ0v) is 8.25. The highest BCUT2D eigenvalue weighted by molar-refractivity contribution is 5.89. The van der Waals surface area contributed by atoms with Crippen LogP contribution in [0.1, 0.15) is 0 Å². The van der Waals surface area contributed by atoms with Gasteiger partial charge in [-0.05, 0) is 0 Å². The number of epoxide rings is 1. The number of fused-ring (bicyclic) bond motifs is 5. The van der Waals surface area contributed by atoms with E-state index in [9.17, 15) is 9.59 Å². The first-order chi connectivity index (χ1) is 7.69. The second-order valence-electron chi connectivity index (χ2n) is 4.20. The average Bonchev–Trinajstić information content (AvgIpc) is 2.93. The van der Waals surface area contributed by atoms with E-state index >= 15 is 0 Å². The van der Waals surface area contributed by atoms with E-state index in [1.54, 1.807) is 0 Å². The summed E-state index contributed by atoms with van der Waals surface area (Å²) in [4.78, 5) is 23.2. The standard InChI is InChI=1S/C8H12N4O4/c9-11-7(13)1-2(8(14)12-10)4-6-5(16-6)3(1)15-4/h1-6H,9-10H2,(H,11,13)(H,12,14)/t1-,2-,3-,4+,5-,6+/m0/s1. The van der Waals surface area contributed by atoms with Crippen molar-refractivity contribution in [1.29, 1.82) is 0 Å². The van der Waals surface area contributed by atoms with E-state index in [0.29, 0.717) is 0 Å². The first-order valence-electron chi connectivity index (χ1n) is 5.01. The molecule has 0 saturated carbocycles. The van der Waals surface area contributed by atoms with Gasteiger partial charge in [0.15, 0.2) is 0 Å². The lowest BCUT2D eigenvalue weighted by Gasteiger charge is -2.22. The van der Waals surface area contributed by atoms with Gasteiger partial charge in [0.2, 0.25) is 11.8 Å². The molecule has 0 unspecified atom stereocenters. The Morgan fingerprint density at radius 3 is 1.56 bits per heavy atom. The van der Waals surface area contributed by atoms with Crippen molar-refractivity contribution in [3.8, 4) is 0 Å². The van der Waals surface area contributed by atoms with Gasteiger partial charge in [-0.2, -0.15) is 0 Å². The van der Waals surface area contributed by atoms with Gasteiger partial charge in [0, 0.05) is 0 Å². The van der Waals surface area contributed by atoms with Gasteiger partial charge in [-0.1, -0.05) is 0 Å². The summed E-state index contributed by atoms with van der Waals surface area (Å²) in [5.74, 6) is 8.09. The van der Waals surface area contributed by atoms with Gasteiger partial charge in [-0.25, -0.2) is 11.7 Å². The Bertz CT molecular complexity index is 330. The molecule has 0 aromatic rings. The van der Waals surface area contributed by atoms with Crippen LogP contribution < -0.4 is 22.5 Å². The van der Waals surface area contributed by atoms with Crippen LogP contribution in [0.15, 0.2) is 0 Å². The first-order valence-corrected chi connectivity index (χ1v) is 5.01. The molecule has 8 nitrogen and oxygen atoms in total. The van der Waals surface area contributed by atoms with Crippen molar-refractivity contribution >= 4 is 11.8 Å². The van der Waals surface area contributed by atoms with E-state index in [1.807, 2.05) is 10.9 Å². The van der Waals surface area contributed by atoms with Gasteiger partial charge >= 0.3 is 0 Å². The topological polar surface area (TPSA) is 132 Å². The van der Waals surface area contributed by atoms with Crippen LogP contribution in [0.2, 0.25) is 0 Å². The number of rotatable bonds is 2. The van der Waals surface area contributed by atoms with Gasteiger partial charge in [-0.15, -0.1) is 0 Å². The number of amides is 2. The highest BCUT2D eigenvalue weighted by Crippen LogP contribution is 2.53. The van der Waals surface area contributed by atoms with Crippen LogP contribution in [0.3, 0.4) is 0 Å². The van der Waals surface area contributed by atoms with Crippen LogP contribution >= 0.6 is 0 Å². The third-order valence-electron chi connectivity index (χ3n) is 3.51. The molecule has 6 atom stereocenters. The van der Waals surface area contributed by atoms with E-state index in [-0.39, 0.29) is 24.4 Å². The summed E-state index contributed by atoms with van der Waals surface area (Å²) in [7, 11) is 0. The van der Waals surface area contributed by atoms with Gasteiger partial charge in [-0.3, -0.25) is 20.4 Å². The number of carbonyl (C=O) groups excluding carboxylic acids is 2. The highest BCUT2D eigenvalue weighted by Gasteiger charge is 2.72. The quantitative estimate of drug-likeness (QED) is 0.170. The molecule has 16 heavy (non-hydrogen) atoms. The van der Waals surface area contributed by atoms with Crippen LogP contribution in [0.5, 0.6) is 0 Å². The molecule has 3 fully saturated rings. The van der Waals surface area contributed by atoms with Gasteiger partial charge in [0.05, 0.1) is 24.0 Å². The first kappa shape index (κ1) is 9.97. The molecule has 3 aliphatic heterocycles. The Labute approximate surface area is 90.5 Å². The number of hydrazine groups is 2. The van der Waals surface area contributed by atoms with Crippen LogP contribution in [0.4, 0.5) is 0 Å². The minimum Gasteiger partial charge on any atom is -0.368 e. The zero-order valence-electron chi connectivity index (χ0n) is 8.25. The second kappa shape index (κ2) is 3.14. The Balaban J connectivity index is 1.89. The highest BCUT2D eigenvalue weighted by atomic mass is 16.7. The maximum atomic E-state index is 11.6. The largest absolute Gasteiger partial charge is 0.368 e. The van der Waals surface area contributed by atoms with Crippen molar-refractivity contribution in [1.82, 2.24) is 10.9 Å². The van der Waals surface area contributed by atoms with E-state index in [2.05, 4.69) is 0 Å². The number of hydrogen-bond acceptors (Lipinski definition) is 6. The van der Waals surface area contributed by atoms with Crippen molar-refractivity contribution in [2.24, 2.45) is 23.5 Å². The van der Waals surface area contributed by atoms with Crippen LogP contribution in [0, 0.1) is 11.8 Å². The Hall–Kier alpha value is -1.22. The number of nitrogens with one attached hydrogen (secondary N) is 2. The van der Waals surface area contributed by atoms with Crippen molar-refractivity contribution in [3.63, 3.8) is 0 Å². The molecule has 3 saturated heterocycles. The summed E-state index contributed by atoms with van der Waals surface area (Å²) >= 11 is 0. The minimum atomic E-state index is -0.623. The smallest absolute Gasteiger partial charge is 0.240 e. The Morgan fingerprint density at radius 1 is 0.812 bits per heavy atom. The molecule has 88 valence electrons. The molecular formula is C8H12N4O4. The average molecular weight is 228 g/mol. The van der Waals surface area contributed by atoms with Gasteiger partial charge < -0.3 is 9.47 Å². The fourth-order valence-electron chi connectivity index (χ4n) is 2.80. The fraction of sp³-hybridized carbons (Fsp3) is 0.750. The van der Waals surface area contributed by atoms with Gasteiger partial charge in [0.1, 0.15) is 12.2 Å². The van der Waals surface area contributed by atoms with Gasteiger partial charge in [0.25, 0.3) is 0 Å². The predicted octanol–water partition coefficient (Wildman–Crippen LogP) is -3.25. The molecule has 0 aliphatic carbocycles. The van der Waals surface area contributed by atoms with E-state index in [1.165, 1.54) is 0 Å². The lowest BCUT2D eigenvalue weighted by Crippen LogP contribution is -2.52. The molecule has 0 aromatic carbocycles. The molecule has 3 heterocycles. The summed E-state index contributed by atoms with van der Waals surface area (Å²) < 4.78 is 10.9. The second-order valence-corrected chi connectivity index (χ2v) is 4.20. The third-order valence-corrected chi connectivity index (χ3v) is 3.51. The maximum absolute atomic E-state index is 11.6. The molecule has 6 N–H and O–H groups in total. The predicted molar refractivity (Wildman–Crippen MR) is 49.0 cm³/mol. The van der Waals surface area contributed by atoms with Crippen molar-refractivity contribution in [3.05, 3.63) is 0 Å². The van der Waals surface area contributed by atoms with E-state index in [0.717, 1.165) is 0 Å². The summed E-state index contributed by atoms with van der Waals surface area (Å²) in [6.07, 6.45) is -0.926. The molecule has 2 bridgehead atoms. The SMILES string of the molecule is NNC(=O)[C@@H]1[C@@H]2O[C@@H]([C@H]3O[C@H]32)[C@H]1C(=O)NN. The summed E-state index contributed by atoms with van der Waals surface area (Å²) in [5, 5.41) is 0. The van der Waals surface area contributed by atoms with Crippen molar-refractivity contribution < 1.29 is 19.1 Å². The molecule has 0 aromatic heterocycles. The number of hydrogen-bond donors (Lipinski definition) is 4. The molecule has 0 radical (unpaired) electrons. The van der Waals surface area contributed by atoms with Crippen LogP contribution in [-0.4, -0.2) is 36.2 Å². The normalized spacial score (nSPS) is 47.4. The molecule has 2 amide bonds. The number of ether oxygens (including phenoxy) is 2. The lowest BCUT2D eigenvalue weighted by molar-refractivity contribution is -0.134. The van der Waals surface area contributed by atoms with Crippen LogP contribution in [0.25, 0.3) is 0 Å². The third kappa shape index (κ3) is 1.07. The maximum Gasteiger partial charge on any atom is 0.240 e. The lowest BCUT2D eigenvalue weighted by atomic mass is 9.78. The van der Waals surface area contributed by atoms with Crippen molar-refractivity contribution in [2.45, 2.75) is 24.4 Å². The number of nitrogens with two attached hydrogens (primary N) is 2. The van der Waals surface area contributed by atoms with Crippen LogP contribution in [-0.2, 0) is 19.1 Å². The number of carbonyl (C=O) groups is 2. The molecule has 0 spiro atoms. The molecule has 3 aliphatic rings. The Kier molecular flexibility index (Phi) is 1.96. The minimum absolute atomic E-state index is 0.0749. The van der Waals surface area contributed by atoms with E-state index in [4.69, 9.17) is 21.2 Å².